The Hall–Kier alpha value is -1.37. The number of nitrogens with one attached hydrogen (secondary N) is 1. The van der Waals surface area contributed by atoms with Gasteiger partial charge in [-0.25, -0.2) is 0 Å². The molecule has 0 saturated heterocycles. The number of hydrogen-bond acceptors (Lipinski definition) is 4. The molecule has 2 aromatic heterocycles. The quantitative estimate of drug-likeness (QED) is 0.935. The van der Waals surface area contributed by atoms with Gasteiger partial charge >= 0.3 is 0 Å². The number of ether oxygens (including phenoxy) is 1. The van der Waals surface area contributed by atoms with Crippen molar-refractivity contribution in [2.75, 3.05) is 6.61 Å². The molecule has 2 unspecified atom stereocenters. The maximum atomic E-state index is 12.4. The molecule has 5 nitrogen and oxygen atoms in total. The summed E-state index contributed by atoms with van der Waals surface area (Å²) < 4.78 is 7.46. The molecule has 22 heavy (non-hydrogen) atoms. The lowest BCUT2D eigenvalue weighted by Gasteiger charge is -2.29. The van der Waals surface area contributed by atoms with Gasteiger partial charge in [0.15, 0.2) is 5.69 Å². The van der Waals surface area contributed by atoms with E-state index < -0.39 is 0 Å². The zero-order valence-corrected chi connectivity index (χ0v) is 14.3. The molecule has 0 saturated carbocycles. The van der Waals surface area contributed by atoms with E-state index in [1.54, 1.807) is 23.1 Å². The minimum Gasteiger partial charge on any atom is -0.371 e. The van der Waals surface area contributed by atoms with Crippen LogP contribution in [0.15, 0.2) is 11.4 Å². The predicted octanol–water partition coefficient (Wildman–Crippen LogP) is 2.88. The Bertz CT molecular complexity index is 710. The van der Waals surface area contributed by atoms with E-state index in [1.807, 2.05) is 13.8 Å². The second kappa shape index (κ2) is 6.02. The van der Waals surface area contributed by atoms with Crippen LogP contribution in [0.5, 0.6) is 0 Å². The fourth-order valence-electron chi connectivity index (χ4n) is 2.67. The normalized spacial score (nSPS) is 18.8. The minimum atomic E-state index is -0.271. The van der Waals surface area contributed by atoms with Gasteiger partial charge in [-0.1, -0.05) is 11.6 Å². The number of aromatic nitrogens is 2. The highest BCUT2D eigenvalue weighted by atomic mass is 35.5. The van der Waals surface area contributed by atoms with Gasteiger partial charge in [0.2, 0.25) is 0 Å². The molecule has 7 heteroatoms. The Morgan fingerprint density at radius 2 is 2.41 bits per heavy atom. The Kier molecular flexibility index (Phi) is 4.25. The van der Waals surface area contributed by atoms with E-state index in [4.69, 9.17) is 16.3 Å². The smallest absolute Gasteiger partial charge is 0.273 e. The van der Waals surface area contributed by atoms with Gasteiger partial charge in [-0.3, -0.25) is 9.48 Å². The summed E-state index contributed by atoms with van der Waals surface area (Å²) in [6, 6.07) is 1.92. The van der Waals surface area contributed by atoms with Gasteiger partial charge in [0.1, 0.15) is 6.10 Å². The fraction of sp³-hybridized carbons (Fsp3) is 0.467. The van der Waals surface area contributed by atoms with Crippen molar-refractivity contribution in [1.82, 2.24) is 15.1 Å². The number of rotatable bonds is 3. The summed E-state index contributed by atoms with van der Waals surface area (Å²) >= 11 is 7.91. The van der Waals surface area contributed by atoms with Gasteiger partial charge in [-0.05, 0) is 30.9 Å². The summed E-state index contributed by atoms with van der Waals surface area (Å²) in [6.07, 6.45) is 0.817. The third kappa shape index (κ3) is 2.66. The first-order chi connectivity index (χ1) is 10.5. The third-order valence-corrected chi connectivity index (χ3v) is 5.45. The molecule has 0 fully saturated rings. The number of hydrogen-bond donors (Lipinski definition) is 1. The summed E-state index contributed by atoms with van der Waals surface area (Å²) in [7, 11) is 1.77. The topological polar surface area (TPSA) is 56.1 Å². The number of thiophene rings is 1. The lowest BCUT2D eigenvalue weighted by Crippen LogP contribution is -2.39. The zero-order chi connectivity index (χ0) is 15.9. The first kappa shape index (κ1) is 15.5. The maximum absolute atomic E-state index is 12.4. The molecule has 0 aromatic carbocycles. The van der Waals surface area contributed by atoms with E-state index in [1.165, 1.54) is 10.4 Å². The third-order valence-electron chi connectivity index (χ3n) is 4.00. The minimum absolute atomic E-state index is 0.123. The molecule has 1 amide bonds. The van der Waals surface area contributed by atoms with Gasteiger partial charge in [0, 0.05) is 18.3 Å². The highest BCUT2D eigenvalue weighted by Crippen LogP contribution is 2.33. The average Bonchev–Trinajstić information content (AvgIpc) is 3.07. The number of amides is 1. The van der Waals surface area contributed by atoms with E-state index in [0.717, 1.165) is 12.1 Å². The molecular formula is C15H18ClN3O2S. The number of carbonyl (C=O) groups excluding carboxylic acids is 1. The van der Waals surface area contributed by atoms with Crippen molar-refractivity contribution in [2.24, 2.45) is 7.05 Å². The Labute approximate surface area is 138 Å². The standard InChI is InChI=1S/C15H18ClN3O2S/c1-8(14-10-5-7-22-11(10)4-6-21-14)17-15(20)13-12(16)9(2)19(3)18-13/h5,7-8,14H,4,6H2,1-3H3,(H,17,20). The summed E-state index contributed by atoms with van der Waals surface area (Å²) in [4.78, 5) is 13.7. The first-order valence-corrected chi connectivity index (χ1v) is 8.42. The van der Waals surface area contributed by atoms with Crippen molar-refractivity contribution in [1.29, 1.82) is 0 Å². The monoisotopic (exact) mass is 339 g/mol. The van der Waals surface area contributed by atoms with Crippen LogP contribution in [0.1, 0.15) is 39.7 Å². The van der Waals surface area contributed by atoms with E-state index in [9.17, 15) is 4.79 Å². The van der Waals surface area contributed by atoms with Gasteiger partial charge < -0.3 is 10.1 Å². The Morgan fingerprint density at radius 1 is 1.64 bits per heavy atom. The molecule has 1 aliphatic rings. The predicted molar refractivity (Wildman–Crippen MR) is 86.6 cm³/mol. The SMILES string of the molecule is Cc1c(Cl)c(C(=O)NC(C)C2OCCc3sccc32)nn1C. The molecule has 0 bridgehead atoms. The van der Waals surface area contributed by atoms with E-state index in [0.29, 0.717) is 11.6 Å². The molecule has 2 aromatic rings. The molecule has 1 aliphatic heterocycles. The molecule has 2 atom stereocenters. The Balaban J connectivity index is 1.76. The zero-order valence-electron chi connectivity index (χ0n) is 12.7. The molecule has 3 heterocycles. The molecule has 1 N–H and O–H groups in total. The van der Waals surface area contributed by atoms with Crippen LogP contribution in [0.25, 0.3) is 0 Å². The summed E-state index contributed by atoms with van der Waals surface area (Å²) in [5.41, 5.74) is 2.20. The van der Waals surface area contributed by atoms with Crippen LogP contribution in [0.2, 0.25) is 5.02 Å². The number of halogens is 1. The van der Waals surface area contributed by atoms with Crippen molar-refractivity contribution in [3.05, 3.63) is 38.3 Å². The summed E-state index contributed by atoms with van der Waals surface area (Å²) in [5.74, 6) is -0.271. The number of nitrogens with zero attached hydrogens (tertiary/aromatic N) is 2. The average molecular weight is 340 g/mol. The molecule has 0 radical (unpaired) electrons. The van der Waals surface area contributed by atoms with E-state index in [-0.39, 0.29) is 23.7 Å². The van der Waals surface area contributed by atoms with Crippen LogP contribution < -0.4 is 5.32 Å². The highest BCUT2D eigenvalue weighted by Gasteiger charge is 2.29. The second-order valence-electron chi connectivity index (χ2n) is 5.47. The molecule has 118 valence electrons. The van der Waals surface area contributed by atoms with Crippen LogP contribution in [0.4, 0.5) is 0 Å². The summed E-state index contributed by atoms with van der Waals surface area (Å²) in [5, 5.41) is 9.60. The van der Waals surface area contributed by atoms with Crippen LogP contribution in [0.3, 0.4) is 0 Å². The summed E-state index contributed by atoms with van der Waals surface area (Å²) in [6.45, 7) is 4.46. The van der Waals surface area contributed by atoms with Crippen molar-refractivity contribution >= 4 is 28.8 Å². The highest BCUT2D eigenvalue weighted by molar-refractivity contribution is 7.10. The molecular weight excluding hydrogens is 322 g/mol. The van der Waals surface area contributed by atoms with Gasteiger partial charge in [-0.15, -0.1) is 11.3 Å². The van der Waals surface area contributed by atoms with Crippen LogP contribution in [-0.4, -0.2) is 28.3 Å². The number of carbonyl (C=O) groups is 1. The van der Waals surface area contributed by atoms with E-state index in [2.05, 4.69) is 21.9 Å². The molecule has 0 spiro atoms. The van der Waals surface area contributed by atoms with Gasteiger partial charge in [-0.2, -0.15) is 5.10 Å². The largest absolute Gasteiger partial charge is 0.371 e. The maximum Gasteiger partial charge on any atom is 0.273 e. The van der Waals surface area contributed by atoms with Crippen LogP contribution >= 0.6 is 22.9 Å². The van der Waals surface area contributed by atoms with Crippen molar-refractivity contribution in [3.8, 4) is 0 Å². The van der Waals surface area contributed by atoms with Gasteiger partial charge in [0.05, 0.1) is 23.4 Å². The van der Waals surface area contributed by atoms with Crippen molar-refractivity contribution in [3.63, 3.8) is 0 Å². The number of aryl methyl sites for hydroxylation is 1. The fourth-order valence-corrected chi connectivity index (χ4v) is 3.81. The lowest BCUT2D eigenvalue weighted by atomic mass is 10.0. The first-order valence-electron chi connectivity index (χ1n) is 7.17. The number of fused-ring (bicyclic) bond motifs is 1. The lowest BCUT2D eigenvalue weighted by molar-refractivity contribution is 0.0205. The van der Waals surface area contributed by atoms with Crippen molar-refractivity contribution in [2.45, 2.75) is 32.4 Å². The molecule has 0 aliphatic carbocycles. The Morgan fingerprint density at radius 3 is 3.09 bits per heavy atom. The van der Waals surface area contributed by atoms with E-state index >= 15 is 0 Å². The second-order valence-corrected chi connectivity index (χ2v) is 6.85. The molecule has 3 rings (SSSR count). The van der Waals surface area contributed by atoms with Gasteiger partial charge in [0.25, 0.3) is 5.91 Å². The van der Waals surface area contributed by atoms with Crippen LogP contribution in [-0.2, 0) is 18.2 Å². The van der Waals surface area contributed by atoms with Crippen LogP contribution in [0, 0.1) is 6.92 Å². The van der Waals surface area contributed by atoms with Crippen molar-refractivity contribution < 1.29 is 9.53 Å².